The van der Waals surface area contributed by atoms with Gasteiger partial charge in [0.1, 0.15) is 0 Å². The van der Waals surface area contributed by atoms with Crippen molar-refractivity contribution in [3.05, 3.63) is 41.5 Å². The lowest BCUT2D eigenvalue weighted by molar-refractivity contribution is 0.0526. The molecular formula is C12H11O3. The summed E-state index contributed by atoms with van der Waals surface area (Å²) in [6, 6.07) is 6.92. The highest BCUT2D eigenvalue weighted by Gasteiger charge is 2.09. The van der Waals surface area contributed by atoms with Crippen LogP contribution < -0.4 is 0 Å². The summed E-state index contributed by atoms with van der Waals surface area (Å²) in [6.07, 6.45) is 4.38. The topological polar surface area (TPSA) is 43.4 Å². The van der Waals surface area contributed by atoms with E-state index in [9.17, 15) is 9.59 Å². The first kappa shape index (κ1) is 11.2. The lowest BCUT2D eigenvalue weighted by Crippen LogP contribution is -2.06. The number of ether oxygens (including phenoxy) is 1. The molecule has 0 saturated carbocycles. The molecule has 1 aromatic rings. The minimum Gasteiger partial charge on any atom is -0.462 e. The maximum atomic E-state index is 11.5. The van der Waals surface area contributed by atoms with Crippen LogP contribution in [0.15, 0.2) is 30.3 Å². The first-order valence-electron chi connectivity index (χ1n) is 4.60. The first-order valence-corrected chi connectivity index (χ1v) is 4.60. The lowest BCUT2D eigenvalue weighted by atomic mass is 10.1. The van der Waals surface area contributed by atoms with Gasteiger partial charge < -0.3 is 4.74 Å². The SMILES string of the molecule is CCOC(=O)c1ccccc1/C=C/[C]=O. The zero-order chi connectivity index (χ0) is 11.1. The van der Waals surface area contributed by atoms with E-state index >= 15 is 0 Å². The number of carbonyl (C=O) groups excluding carboxylic acids is 2. The number of hydrogen-bond acceptors (Lipinski definition) is 3. The van der Waals surface area contributed by atoms with Crippen LogP contribution in [0, 0.1) is 0 Å². The molecule has 0 saturated heterocycles. The molecule has 0 aliphatic heterocycles. The van der Waals surface area contributed by atoms with Crippen molar-refractivity contribution < 1.29 is 14.3 Å². The van der Waals surface area contributed by atoms with E-state index in [1.807, 2.05) is 0 Å². The van der Waals surface area contributed by atoms with Crippen molar-refractivity contribution in [2.24, 2.45) is 0 Å². The molecule has 0 fully saturated rings. The van der Waals surface area contributed by atoms with E-state index in [1.54, 1.807) is 37.5 Å². The lowest BCUT2D eigenvalue weighted by Gasteiger charge is -2.04. The van der Waals surface area contributed by atoms with Crippen LogP contribution in [0.2, 0.25) is 0 Å². The summed E-state index contributed by atoms with van der Waals surface area (Å²) < 4.78 is 4.88. The summed E-state index contributed by atoms with van der Waals surface area (Å²) in [4.78, 5) is 21.5. The third-order valence-corrected chi connectivity index (χ3v) is 1.79. The Hall–Kier alpha value is -1.90. The van der Waals surface area contributed by atoms with Crippen molar-refractivity contribution in [3.8, 4) is 0 Å². The summed E-state index contributed by atoms with van der Waals surface area (Å²) >= 11 is 0. The van der Waals surface area contributed by atoms with Gasteiger partial charge in [0.25, 0.3) is 0 Å². The highest BCUT2D eigenvalue weighted by molar-refractivity contribution is 5.94. The van der Waals surface area contributed by atoms with Crippen LogP contribution >= 0.6 is 0 Å². The Morgan fingerprint density at radius 1 is 1.47 bits per heavy atom. The van der Waals surface area contributed by atoms with Crippen LogP contribution in [0.3, 0.4) is 0 Å². The van der Waals surface area contributed by atoms with Gasteiger partial charge >= 0.3 is 5.97 Å². The molecule has 0 N–H and O–H groups in total. The van der Waals surface area contributed by atoms with Crippen LogP contribution in [-0.2, 0) is 9.53 Å². The second-order valence-electron chi connectivity index (χ2n) is 2.76. The molecule has 0 aliphatic carbocycles. The van der Waals surface area contributed by atoms with Crippen LogP contribution in [-0.4, -0.2) is 18.9 Å². The summed E-state index contributed by atoms with van der Waals surface area (Å²) in [5, 5.41) is 0. The van der Waals surface area contributed by atoms with E-state index in [-0.39, 0.29) is 5.97 Å². The predicted octanol–water partition coefficient (Wildman–Crippen LogP) is 1.99. The second kappa shape index (κ2) is 5.75. The third kappa shape index (κ3) is 3.06. The number of benzene rings is 1. The Balaban J connectivity index is 3.00. The van der Waals surface area contributed by atoms with Gasteiger partial charge in [-0.2, -0.15) is 0 Å². The van der Waals surface area contributed by atoms with Crippen LogP contribution in [0.4, 0.5) is 0 Å². The fourth-order valence-electron chi connectivity index (χ4n) is 1.16. The summed E-state index contributed by atoms with van der Waals surface area (Å²) in [5.74, 6) is -0.386. The van der Waals surface area contributed by atoms with Gasteiger partial charge in [-0.3, -0.25) is 4.79 Å². The Morgan fingerprint density at radius 3 is 2.87 bits per heavy atom. The zero-order valence-electron chi connectivity index (χ0n) is 8.40. The molecule has 3 nitrogen and oxygen atoms in total. The molecule has 0 atom stereocenters. The summed E-state index contributed by atoms with van der Waals surface area (Å²) in [5.41, 5.74) is 1.10. The maximum absolute atomic E-state index is 11.5. The highest BCUT2D eigenvalue weighted by atomic mass is 16.5. The van der Waals surface area contributed by atoms with Crippen molar-refractivity contribution in [3.63, 3.8) is 0 Å². The molecule has 3 heteroatoms. The molecule has 0 aromatic heterocycles. The standard InChI is InChI=1S/C12H11O3/c1-2-15-12(14)11-8-4-3-6-10(11)7-5-9-13/h3-8H,2H2,1H3/b7-5+. The van der Waals surface area contributed by atoms with Crippen molar-refractivity contribution in [1.82, 2.24) is 0 Å². The maximum Gasteiger partial charge on any atom is 0.338 e. The normalized spacial score (nSPS) is 10.2. The second-order valence-corrected chi connectivity index (χ2v) is 2.76. The Kier molecular flexibility index (Phi) is 4.29. The largest absolute Gasteiger partial charge is 0.462 e. The van der Waals surface area contributed by atoms with E-state index < -0.39 is 0 Å². The summed E-state index contributed by atoms with van der Waals surface area (Å²) in [7, 11) is 0. The van der Waals surface area contributed by atoms with E-state index in [4.69, 9.17) is 4.74 Å². The van der Waals surface area contributed by atoms with Gasteiger partial charge in [0.2, 0.25) is 6.29 Å². The molecular weight excluding hydrogens is 192 g/mol. The van der Waals surface area contributed by atoms with Crippen LogP contribution in [0.1, 0.15) is 22.8 Å². The summed E-state index contributed by atoms with van der Waals surface area (Å²) in [6.45, 7) is 2.08. The third-order valence-electron chi connectivity index (χ3n) is 1.79. The molecule has 0 heterocycles. The molecule has 1 radical (unpaired) electrons. The number of hydrogen-bond donors (Lipinski definition) is 0. The van der Waals surface area contributed by atoms with E-state index in [2.05, 4.69) is 0 Å². The smallest absolute Gasteiger partial charge is 0.338 e. The minimum atomic E-state index is -0.386. The van der Waals surface area contributed by atoms with Crippen molar-refractivity contribution >= 4 is 18.3 Å². The molecule has 0 bridgehead atoms. The molecule has 0 aliphatic rings. The molecule has 0 spiro atoms. The fourth-order valence-corrected chi connectivity index (χ4v) is 1.16. The molecule has 0 amide bonds. The minimum absolute atomic E-state index is 0.330. The van der Waals surface area contributed by atoms with E-state index in [0.29, 0.717) is 17.7 Å². The average molecular weight is 203 g/mol. The van der Waals surface area contributed by atoms with Gasteiger partial charge in [0.05, 0.1) is 12.2 Å². The number of rotatable bonds is 4. The Morgan fingerprint density at radius 2 is 2.20 bits per heavy atom. The van der Waals surface area contributed by atoms with E-state index in [1.165, 1.54) is 12.2 Å². The quantitative estimate of drug-likeness (QED) is 0.555. The van der Waals surface area contributed by atoms with Gasteiger partial charge in [0, 0.05) is 0 Å². The molecule has 1 rings (SSSR count). The molecule has 0 unspecified atom stereocenters. The number of carbonyl (C=O) groups is 1. The first-order chi connectivity index (χ1) is 7.29. The van der Waals surface area contributed by atoms with Crippen molar-refractivity contribution in [2.75, 3.05) is 6.61 Å². The monoisotopic (exact) mass is 203 g/mol. The zero-order valence-corrected chi connectivity index (χ0v) is 8.40. The predicted molar refractivity (Wildman–Crippen MR) is 57.1 cm³/mol. The average Bonchev–Trinajstić information content (AvgIpc) is 2.27. The van der Waals surface area contributed by atoms with Gasteiger partial charge in [-0.1, -0.05) is 24.3 Å². The molecule has 1 aromatic carbocycles. The van der Waals surface area contributed by atoms with Crippen molar-refractivity contribution in [2.45, 2.75) is 6.92 Å². The van der Waals surface area contributed by atoms with Gasteiger partial charge in [-0.05, 0) is 24.6 Å². The van der Waals surface area contributed by atoms with Gasteiger partial charge in [-0.15, -0.1) is 0 Å². The van der Waals surface area contributed by atoms with Crippen molar-refractivity contribution in [1.29, 1.82) is 0 Å². The highest BCUT2D eigenvalue weighted by Crippen LogP contribution is 2.11. The number of esters is 1. The van der Waals surface area contributed by atoms with Crippen LogP contribution in [0.5, 0.6) is 0 Å². The Labute approximate surface area is 88.4 Å². The van der Waals surface area contributed by atoms with E-state index in [0.717, 1.165) is 0 Å². The van der Waals surface area contributed by atoms with Crippen LogP contribution in [0.25, 0.3) is 6.08 Å². The number of allylic oxidation sites excluding steroid dienone is 1. The fraction of sp³-hybridized carbons (Fsp3) is 0.167. The Bertz CT molecular complexity index is 380. The molecule has 77 valence electrons. The van der Waals surface area contributed by atoms with Gasteiger partial charge in [0.15, 0.2) is 0 Å². The van der Waals surface area contributed by atoms with Gasteiger partial charge in [-0.25, -0.2) is 4.79 Å². The molecule has 15 heavy (non-hydrogen) atoms.